The van der Waals surface area contributed by atoms with Crippen molar-refractivity contribution in [1.29, 1.82) is 0 Å². The van der Waals surface area contributed by atoms with Crippen LogP contribution in [0.4, 0.5) is 0 Å². The third-order valence-electron chi connectivity index (χ3n) is 4.00. The molecule has 0 aliphatic heterocycles. The maximum absolute atomic E-state index is 5.93. The lowest BCUT2D eigenvalue weighted by Crippen LogP contribution is -2.25. The summed E-state index contributed by atoms with van der Waals surface area (Å²) in [5.74, 6) is 0. The molecule has 2 heteroatoms. The molecule has 22 heavy (non-hydrogen) atoms. The molecule has 0 spiro atoms. The highest BCUT2D eigenvalue weighted by Crippen LogP contribution is 2.23. The number of hydrogen-bond donors (Lipinski definition) is 1. The summed E-state index contributed by atoms with van der Waals surface area (Å²) in [7, 11) is 0. The maximum atomic E-state index is 5.93. The van der Waals surface area contributed by atoms with Gasteiger partial charge in [-0.2, -0.15) is 0 Å². The molecule has 0 fully saturated rings. The number of rotatable bonds is 6. The molecule has 0 aliphatic carbocycles. The third-order valence-corrected chi connectivity index (χ3v) is 4.26. The van der Waals surface area contributed by atoms with Gasteiger partial charge in [0.05, 0.1) is 0 Å². The van der Waals surface area contributed by atoms with Crippen LogP contribution in [0.5, 0.6) is 0 Å². The van der Waals surface area contributed by atoms with E-state index in [0.29, 0.717) is 6.04 Å². The summed E-state index contributed by atoms with van der Waals surface area (Å²) in [5.41, 5.74) is 4.98. The van der Waals surface area contributed by atoms with E-state index in [0.717, 1.165) is 18.0 Å². The van der Waals surface area contributed by atoms with Gasteiger partial charge in [0.25, 0.3) is 0 Å². The van der Waals surface area contributed by atoms with Crippen molar-refractivity contribution in [3.05, 3.63) is 65.2 Å². The first-order valence-corrected chi connectivity index (χ1v) is 8.24. The fourth-order valence-corrected chi connectivity index (χ4v) is 2.37. The number of halogens is 1. The molecule has 0 aromatic heterocycles. The zero-order valence-corrected chi connectivity index (χ0v) is 14.3. The Hall–Kier alpha value is -1.57. The number of benzene rings is 2. The van der Waals surface area contributed by atoms with E-state index in [2.05, 4.69) is 68.6 Å². The van der Waals surface area contributed by atoms with E-state index in [1.165, 1.54) is 22.3 Å². The minimum absolute atomic E-state index is 0.566. The SMILES string of the molecule is CCC(C)NCC=C(C)c1ccc(-c2ccc(Cl)cc2)cc1. The minimum Gasteiger partial charge on any atom is -0.311 e. The lowest BCUT2D eigenvalue weighted by Gasteiger charge is -2.10. The van der Waals surface area contributed by atoms with E-state index in [1.54, 1.807) is 0 Å². The lowest BCUT2D eigenvalue weighted by molar-refractivity contribution is 0.567. The van der Waals surface area contributed by atoms with Gasteiger partial charge < -0.3 is 5.32 Å². The van der Waals surface area contributed by atoms with Crippen LogP contribution in [0.3, 0.4) is 0 Å². The second-order valence-electron chi connectivity index (χ2n) is 5.69. The van der Waals surface area contributed by atoms with Gasteiger partial charge in [-0.05, 0) is 54.7 Å². The average molecular weight is 314 g/mol. The Morgan fingerprint density at radius 1 is 1.05 bits per heavy atom. The Morgan fingerprint density at radius 2 is 1.59 bits per heavy atom. The first-order valence-electron chi connectivity index (χ1n) is 7.86. The Kier molecular flexibility index (Phi) is 6.23. The van der Waals surface area contributed by atoms with E-state index < -0.39 is 0 Å². The molecule has 1 nitrogen and oxygen atoms in total. The van der Waals surface area contributed by atoms with E-state index in [4.69, 9.17) is 11.6 Å². The fraction of sp³-hybridized carbons (Fsp3) is 0.300. The molecule has 116 valence electrons. The Bertz CT molecular complexity index is 611. The van der Waals surface area contributed by atoms with Crippen LogP contribution in [0.2, 0.25) is 5.02 Å². The molecule has 1 unspecified atom stereocenters. The van der Waals surface area contributed by atoms with E-state index >= 15 is 0 Å². The summed E-state index contributed by atoms with van der Waals surface area (Å²) < 4.78 is 0. The Morgan fingerprint density at radius 3 is 2.14 bits per heavy atom. The van der Waals surface area contributed by atoms with Crippen molar-refractivity contribution < 1.29 is 0 Å². The van der Waals surface area contributed by atoms with Crippen molar-refractivity contribution in [1.82, 2.24) is 5.32 Å². The predicted molar refractivity (Wildman–Crippen MR) is 98.3 cm³/mol. The molecular weight excluding hydrogens is 290 g/mol. The van der Waals surface area contributed by atoms with Crippen LogP contribution < -0.4 is 5.32 Å². The standard InChI is InChI=1S/C20H24ClN/c1-4-16(3)22-14-13-15(2)17-5-7-18(8-6-17)19-9-11-20(21)12-10-19/h5-13,16,22H,4,14H2,1-3H3. The molecule has 0 saturated carbocycles. The van der Waals surface area contributed by atoms with E-state index in [-0.39, 0.29) is 0 Å². The van der Waals surface area contributed by atoms with Gasteiger partial charge in [-0.3, -0.25) is 0 Å². The van der Waals surface area contributed by atoms with Gasteiger partial charge in [-0.15, -0.1) is 0 Å². The monoisotopic (exact) mass is 313 g/mol. The normalized spacial score (nSPS) is 13.2. The zero-order valence-electron chi connectivity index (χ0n) is 13.6. The Balaban J connectivity index is 2.04. The fourth-order valence-electron chi connectivity index (χ4n) is 2.24. The molecule has 0 saturated heterocycles. The molecule has 2 rings (SSSR count). The first-order chi connectivity index (χ1) is 10.6. The molecule has 0 radical (unpaired) electrons. The molecule has 1 atom stereocenters. The van der Waals surface area contributed by atoms with Crippen LogP contribution in [0, 0.1) is 0 Å². The van der Waals surface area contributed by atoms with Crippen LogP contribution in [0.1, 0.15) is 32.8 Å². The van der Waals surface area contributed by atoms with Crippen LogP contribution in [0.15, 0.2) is 54.6 Å². The molecule has 0 heterocycles. The van der Waals surface area contributed by atoms with Crippen molar-refractivity contribution in [2.75, 3.05) is 6.54 Å². The summed E-state index contributed by atoms with van der Waals surface area (Å²) in [6, 6.07) is 17.2. The van der Waals surface area contributed by atoms with Crippen molar-refractivity contribution >= 4 is 17.2 Å². The third kappa shape index (κ3) is 4.72. The summed E-state index contributed by atoms with van der Waals surface area (Å²) in [6.45, 7) is 7.49. The van der Waals surface area contributed by atoms with Crippen LogP contribution >= 0.6 is 11.6 Å². The molecule has 2 aromatic carbocycles. The van der Waals surface area contributed by atoms with Gasteiger partial charge >= 0.3 is 0 Å². The van der Waals surface area contributed by atoms with Crippen molar-refractivity contribution in [3.63, 3.8) is 0 Å². The second kappa shape index (κ2) is 8.17. The molecule has 0 amide bonds. The first kappa shape index (κ1) is 16.8. The van der Waals surface area contributed by atoms with Gasteiger partial charge in [0, 0.05) is 17.6 Å². The van der Waals surface area contributed by atoms with Crippen molar-refractivity contribution in [2.24, 2.45) is 0 Å². The average Bonchev–Trinajstić information content (AvgIpc) is 2.55. The Labute approximate surface area is 139 Å². The number of allylic oxidation sites excluding steroid dienone is 1. The quantitative estimate of drug-likeness (QED) is 0.710. The topological polar surface area (TPSA) is 12.0 Å². The van der Waals surface area contributed by atoms with Gasteiger partial charge in [-0.1, -0.05) is 61.0 Å². The smallest absolute Gasteiger partial charge is 0.0406 e. The highest BCUT2D eigenvalue weighted by Gasteiger charge is 2.00. The minimum atomic E-state index is 0.566. The number of nitrogens with one attached hydrogen (secondary N) is 1. The predicted octanol–water partition coefficient (Wildman–Crippen LogP) is 5.80. The largest absolute Gasteiger partial charge is 0.311 e. The molecule has 0 aliphatic rings. The van der Waals surface area contributed by atoms with Crippen LogP contribution in [0.25, 0.3) is 16.7 Å². The van der Waals surface area contributed by atoms with Crippen molar-refractivity contribution in [2.45, 2.75) is 33.2 Å². The zero-order chi connectivity index (χ0) is 15.9. The highest BCUT2D eigenvalue weighted by atomic mass is 35.5. The molecule has 2 aromatic rings. The van der Waals surface area contributed by atoms with Gasteiger partial charge in [0.2, 0.25) is 0 Å². The van der Waals surface area contributed by atoms with Gasteiger partial charge in [0.15, 0.2) is 0 Å². The molecular formula is C20H24ClN. The van der Waals surface area contributed by atoms with Gasteiger partial charge in [0.1, 0.15) is 0 Å². The van der Waals surface area contributed by atoms with Crippen LogP contribution in [-0.2, 0) is 0 Å². The lowest BCUT2D eigenvalue weighted by atomic mass is 10.0. The molecule has 0 bridgehead atoms. The summed E-state index contributed by atoms with van der Waals surface area (Å²) in [5, 5.41) is 4.26. The summed E-state index contributed by atoms with van der Waals surface area (Å²) >= 11 is 5.93. The van der Waals surface area contributed by atoms with E-state index in [9.17, 15) is 0 Å². The summed E-state index contributed by atoms with van der Waals surface area (Å²) in [6.07, 6.45) is 3.41. The van der Waals surface area contributed by atoms with Gasteiger partial charge in [-0.25, -0.2) is 0 Å². The second-order valence-corrected chi connectivity index (χ2v) is 6.13. The van der Waals surface area contributed by atoms with Crippen molar-refractivity contribution in [3.8, 4) is 11.1 Å². The number of hydrogen-bond acceptors (Lipinski definition) is 1. The maximum Gasteiger partial charge on any atom is 0.0406 e. The molecule has 1 N–H and O–H groups in total. The highest BCUT2D eigenvalue weighted by molar-refractivity contribution is 6.30. The summed E-state index contributed by atoms with van der Waals surface area (Å²) in [4.78, 5) is 0. The van der Waals surface area contributed by atoms with Crippen LogP contribution in [-0.4, -0.2) is 12.6 Å². The van der Waals surface area contributed by atoms with E-state index in [1.807, 2.05) is 12.1 Å².